The summed E-state index contributed by atoms with van der Waals surface area (Å²) in [4.78, 5) is 0. The van der Waals surface area contributed by atoms with Gasteiger partial charge in [0.1, 0.15) is 6.61 Å². The second-order valence-electron chi connectivity index (χ2n) is 6.12. The third-order valence-corrected chi connectivity index (χ3v) is 4.50. The highest BCUT2D eigenvalue weighted by atomic mass is 35.5. The zero-order valence-electron chi connectivity index (χ0n) is 14.7. The lowest BCUT2D eigenvalue weighted by atomic mass is 10.1. The highest BCUT2D eigenvalue weighted by Gasteiger charge is 2.11. The van der Waals surface area contributed by atoms with E-state index in [2.05, 4.69) is 0 Å². The quantitative estimate of drug-likeness (QED) is 0.486. The zero-order chi connectivity index (χ0) is 18.7. The smallest absolute Gasteiger partial charge is 0.165 e. The lowest BCUT2D eigenvalue weighted by Crippen LogP contribution is -2.26. The van der Waals surface area contributed by atoms with Crippen LogP contribution in [0, 0.1) is 12.7 Å². The molecule has 0 atom stereocenters. The van der Waals surface area contributed by atoms with Gasteiger partial charge in [0, 0.05) is 17.6 Å². The summed E-state index contributed by atoms with van der Waals surface area (Å²) in [5.41, 5.74) is 4.61. The molecule has 3 aromatic rings. The van der Waals surface area contributed by atoms with Crippen molar-refractivity contribution in [2.45, 2.75) is 13.5 Å². The van der Waals surface area contributed by atoms with Gasteiger partial charge in [-0.3, -0.25) is 0 Å². The number of hydrazine groups is 1. The first-order valence-corrected chi connectivity index (χ1v) is 8.58. The molecular weight excluding hydrogens is 351 g/mol. The van der Waals surface area contributed by atoms with Crippen molar-refractivity contribution < 1.29 is 9.13 Å². The standard InChI is InChI=1S/C21H20ClFN2O/c1-14-4-3-5-20(25(2)24)18(14)13-26-21-12-16(8-11-19(21)23)15-6-9-17(22)10-7-15/h3-12H,13,24H2,1-2H3. The molecule has 3 rings (SSSR count). The maximum absolute atomic E-state index is 14.2. The Morgan fingerprint density at radius 1 is 1.04 bits per heavy atom. The van der Waals surface area contributed by atoms with E-state index >= 15 is 0 Å². The number of hydrogen-bond acceptors (Lipinski definition) is 3. The summed E-state index contributed by atoms with van der Waals surface area (Å²) in [6, 6.07) is 18.0. The van der Waals surface area contributed by atoms with Gasteiger partial charge in [0.05, 0.1) is 5.69 Å². The van der Waals surface area contributed by atoms with Crippen molar-refractivity contribution in [2.24, 2.45) is 5.84 Å². The average Bonchev–Trinajstić information content (AvgIpc) is 2.62. The highest BCUT2D eigenvalue weighted by molar-refractivity contribution is 6.30. The summed E-state index contributed by atoms with van der Waals surface area (Å²) < 4.78 is 20.0. The number of rotatable bonds is 5. The highest BCUT2D eigenvalue weighted by Crippen LogP contribution is 2.29. The Kier molecular flexibility index (Phi) is 5.45. The largest absolute Gasteiger partial charge is 0.486 e. The van der Waals surface area contributed by atoms with Gasteiger partial charge in [-0.25, -0.2) is 10.2 Å². The molecular formula is C21H20ClFN2O. The molecule has 3 nitrogen and oxygen atoms in total. The molecule has 0 amide bonds. The lowest BCUT2D eigenvalue weighted by Gasteiger charge is -2.19. The Labute approximate surface area is 157 Å². The van der Waals surface area contributed by atoms with Crippen molar-refractivity contribution in [1.82, 2.24) is 0 Å². The summed E-state index contributed by atoms with van der Waals surface area (Å²) in [7, 11) is 1.76. The molecule has 26 heavy (non-hydrogen) atoms. The molecule has 0 heterocycles. The minimum absolute atomic E-state index is 0.200. The molecule has 3 aromatic carbocycles. The van der Waals surface area contributed by atoms with Crippen LogP contribution >= 0.6 is 11.6 Å². The number of nitrogens with two attached hydrogens (primary N) is 1. The number of benzene rings is 3. The van der Waals surface area contributed by atoms with E-state index in [1.54, 1.807) is 31.3 Å². The first kappa shape index (κ1) is 18.2. The van der Waals surface area contributed by atoms with Crippen molar-refractivity contribution in [3.63, 3.8) is 0 Å². The third-order valence-electron chi connectivity index (χ3n) is 4.25. The number of aryl methyl sites for hydroxylation is 1. The summed E-state index contributed by atoms with van der Waals surface area (Å²) in [5.74, 6) is 5.68. The SMILES string of the molecule is Cc1cccc(N(C)N)c1COc1cc(-c2ccc(Cl)cc2)ccc1F. The topological polar surface area (TPSA) is 38.5 Å². The number of hydrogen-bond donors (Lipinski definition) is 1. The van der Waals surface area contributed by atoms with Crippen LogP contribution in [0.2, 0.25) is 5.02 Å². The van der Waals surface area contributed by atoms with Crippen LogP contribution in [0.3, 0.4) is 0 Å². The van der Waals surface area contributed by atoms with E-state index in [0.29, 0.717) is 5.02 Å². The Hall–Kier alpha value is -2.56. The molecule has 2 N–H and O–H groups in total. The van der Waals surface area contributed by atoms with Gasteiger partial charge in [0.2, 0.25) is 0 Å². The minimum atomic E-state index is -0.404. The fourth-order valence-electron chi connectivity index (χ4n) is 2.79. The van der Waals surface area contributed by atoms with E-state index in [1.165, 1.54) is 11.1 Å². The maximum Gasteiger partial charge on any atom is 0.165 e. The second kappa shape index (κ2) is 7.77. The van der Waals surface area contributed by atoms with Gasteiger partial charge in [-0.05, 0) is 53.9 Å². The summed E-state index contributed by atoms with van der Waals surface area (Å²) in [6.07, 6.45) is 0. The predicted molar refractivity (Wildman–Crippen MR) is 105 cm³/mol. The van der Waals surface area contributed by atoms with Crippen molar-refractivity contribution >= 4 is 17.3 Å². The normalized spacial score (nSPS) is 10.7. The first-order chi connectivity index (χ1) is 12.5. The molecule has 0 aromatic heterocycles. The zero-order valence-corrected chi connectivity index (χ0v) is 15.4. The summed E-state index contributed by atoms with van der Waals surface area (Å²) in [5, 5.41) is 2.19. The summed E-state index contributed by atoms with van der Waals surface area (Å²) in [6.45, 7) is 2.21. The number of halogens is 2. The Morgan fingerprint density at radius 2 is 1.73 bits per heavy atom. The molecule has 0 aliphatic rings. The Bertz CT molecular complexity index is 910. The monoisotopic (exact) mass is 370 g/mol. The van der Waals surface area contributed by atoms with E-state index in [4.69, 9.17) is 22.2 Å². The first-order valence-electron chi connectivity index (χ1n) is 8.21. The molecule has 0 spiro atoms. The van der Waals surface area contributed by atoms with Gasteiger partial charge in [-0.2, -0.15) is 0 Å². The molecule has 0 aliphatic carbocycles. The summed E-state index contributed by atoms with van der Waals surface area (Å²) >= 11 is 5.93. The van der Waals surface area contributed by atoms with Gasteiger partial charge >= 0.3 is 0 Å². The van der Waals surface area contributed by atoms with Crippen LogP contribution in [-0.4, -0.2) is 7.05 Å². The molecule has 0 fully saturated rings. The van der Waals surface area contributed by atoms with Crippen LogP contribution in [0.4, 0.5) is 10.1 Å². The van der Waals surface area contributed by atoms with Crippen LogP contribution in [0.25, 0.3) is 11.1 Å². The van der Waals surface area contributed by atoms with Crippen molar-refractivity contribution in [3.05, 3.63) is 82.6 Å². The predicted octanol–water partition coefficient (Wildman–Crippen LogP) is 5.34. The van der Waals surface area contributed by atoms with E-state index in [-0.39, 0.29) is 12.4 Å². The van der Waals surface area contributed by atoms with Gasteiger partial charge in [-0.15, -0.1) is 0 Å². The van der Waals surface area contributed by atoms with E-state index in [1.807, 2.05) is 37.3 Å². The molecule has 0 bridgehead atoms. The second-order valence-corrected chi connectivity index (χ2v) is 6.56. The minimum Gasteiger partial charge on any atom is -0.486 e. The number of nitrogens with zero attached hydrogens (tertiary/aromatic N) is 1. The Balaban J connectivity index is 1.87. The van der Waals surface area contributed by atoms with Crippen molar-refractivity contribution in [2.75, 3.05) is 12.1 Å². The van der Waals surface area contributed by atoms with Crippen molar-refractivity contribution in [1.29, 1.82) is 0 Å². The molecule has 134 valence electrons. The molecule has 0 radical (unpaired) electrons. The maximum atomic E-state index is 14.2. The molecule has 0 aliphatic heterocycles. The lowest BCUT2D eigenvalue weighted by molar-refractivity contribution is 0.290. The van der Waals surface area contributed by atoms with Crippen LogP contribution in [-0.2, 0) is 6.61 Å². The van der Waals surface area contributed by atoms with Crippen LogP contribution in [0.1, 0.15) is 11.1 Å². The van der Waals surface area contributed by atoms with Gasteiger partial charge in [-0.1, -0.05) is 41.9 Å². The number of anilines is 1. The van der Waals surface area contributed by atoms with E-state index in [0.717, 1.165) is 27.9 Å². The van der Waals surface area contributed by atoms with Crippen LogP contribution < -0.4 is 15.6 Å². The van der Waals surface area contributed by atoms with E-state index < -0.39 is 5.82 Å². The number of ether oxygens (including phenoxy) is 1. The average molecular weight is 371 g/mol. The van der Waals surface area contributed by atoms with Gasteiger partial charge in [0.15, 0.2) is 11.6 Å². The van der Waals surface area contributed by atoms with Crippen molar-refractivity contribution in [3.8, 4) is 16.9 Å². The molecule has 5 heteroatoms. The molecule has 0 unspecified atom stereocenters. The van der Waals surface area contributed by atoms with Crippen LogP contribution in [0.15, 0.2) is 60.7 Å². The van der Waals surface area contributed by atoms with Crippen LogP contribution in [0.5, 0.6) is 5.75 Å². The molecule has 0 saturated heterocycles. The fourth-order valence-corrected chi connectivity index (χ4v) is 2.92. The molecule has 0 saturated carbocycles. The Morgan fingerprint density at radius 3 is 2.42 bits per heavy atom. The fraction of sp³-hybridized carbons (Fsp3) is 0.143. The van der Waals surface area contributed by atoms with E-state index in [9.17, 15) is 4.39 Å². The van der Waals surface area contributed by atoms with Gasteiger partial charge < -0.3 is 9.75 Å². The van der Waals surface area contributed by atoms with Gasteiger partial charge in [0.25, 0.3) is 0 Å². The third kappa shape index (κ3) is 3.98.